The summed E-state index contributed by atoms with van der Waals surface area (Å²) in [5, 5.41) is 0. The van der Waals surface area contributed by atoms with Crippen LogP contribution < -0.4 is 0 Å². The molecule has 4 rings (SSSR count). The predicted octanol–water partition coefficient (Wildman–Crippen LogP) is 10.9. The summed E-state index contributed by atoms with van der Waals surface area (Å²) < 4.78 is 2.06. The molecule has 0 atom stereocenters. The van der Waals surface area contributed by atoms with Crippen molar-refractivity contribution >= 4 is 31.9 Å². The Hall–Kier alpha value is -2.37. The smallest absolute Gasteiger partial charge is 0.164 e. The van der Waals surface area contributed by atoms with E-state index in [1.165, 1.54) is 69.8 Å². The third-order valence-corrected chi connectivity index (χ3v) is 7.93. The predicted molar refractivity (Wildman–Crippen MR) is 167 cm³/mol. The van der Waals surface area contributed by atoms with Crippen LogP contribution in [0, 0.1) is 0 Å². The first-order valence-corrected chi connectivity index (χ1v) is 15.6. The van der Waals surface area contributed by atoms with Gasteiger partial charge in [0.15, 0.2) is 17.5 Å². The molecule has 0 saturated heterocycles. The lowest BCUT2D eigenvalue weighted by Gasteiger charge is -2.09. The molecule has 3 aromatic carbocycles. The summed E-state index contributed by atoms with van der Waals surface area (Å²) >= 11 is 7.04. The Labute approximate surface area is 244 Å². The Morgan fingerprint density at radius 3 is 1.18 bits per heavy atom. The quantitative estimate of drug-likeness (QED) is 0.129. The fourth-order valence-corrected chi connectivity index (χ4v) is 5.13. The molecular weight excluding hydrogens is 598 g/mol. The summed E-state index contributed by atoms with van der Waals surface area (Å²) in [6.07, 6.45) is 14.8. The molecule has 198 valence electrons. The van der Waals surface area contributed by atoms with Crippen molar-refractivity contribution in [2.75, 3.05) is 0 Å². The normalized spacial score (nSPS) is 11.1. The van der Waals surface area contributed by atoms with Crippen LogP contribution in [-0.4, -0.2) is 15.0 Å². The van der Waals surface area contributed by atoms with Gasteiger partial charge >= 0.3 is 0 Å². The van der Waals surface area contributed by atoms with Crippen LogP contribution in [0.15, 0.2) is 81.7 Å². The Balaban J connectivity index is 1.40. The minimum Gasteiger partial charge on any atom is -0.208 e. The number of rotatable bonds is 14. The van der Waals surface area contributed by atoms with Crippen molar-refractivity contribution in [2.45, 2.75) is 77.6 Å². The van der Waals surface area contributed by atoms with Crippen molar-refractivity contribution in [3.05, 3.63) is 87.3 Å². The van der Waals surface area contributed by atoms with E-state index in [0.29, 0.717) is 17.5 Å². The number of nitrogens with zero attached hydrogens (tertiary/aromatic N) is 3. The second-order valence-corrected chi connectivity index (χ2v) is 11.8. The van der Waals surface area contributed by atoms with E-state index in [9.17, 15) is 0 Å². The van der Waals surface area contributed by atoms with Crippen molar-refractivity contribution in [1.82, 2.24) is 15.0 Å². The van der Waals surface area contributed by atoms with Gasteiger partial charge in [-0.05, 0) is 42.7 Å². The number of halogens is 2. The second kappa shape index (κ2) is 15.3. The number of hydrogen-bond acceptors (Lipinski definition) is 3. The lowest BCUT2D eigenvalue weighted by atomic mass is 10.0. The molecule has 1 aromatic heterocycles. The molecule has 0 N–H and O–H groups in total. The number of aromatic nitrogens is 3. The maximum Gasteiger partial charge on any atom is 0.164 e. The zero-order valence-corrected chi connectivity index (χ0v) is 25.5. The van der Waals surface area contributed by atoms with Gasteiger partial charge < -0.3 is 0 Å². The van der Waals surface area contributed by atoms with E-state index in [-0.39, 0.29) is 0 Å². The lowest BCUT2D eigenvalue weighted by molar-refractivity contribution is 0.556. The van der Waals surface area contributed by atoms with Crippen molar-refractivity contribution in [3.8, 4) is 34.2 Å². The van der Waals surface area contributed by atoms with Crippen LogP contribution in [0.25, 0.3) is 34.2 Å². The summed E-state index contributed by atoms with van der Waals surface area (Å²) in [4.78, 5) is 14.5. The van der Waals surface area contributed by atoms with Crippen molar-refractivity contribution in [2.24, 2.45) is 0 Å². The Bertz CT molecular complexity index is 1190. The minimum absolute atomic E-state index is 0.676. The topological polar surface area (TPSA) is 38.7 Å². The molecule has 3 nitrogen and oxygen atoms in total. The first kappa shape index (κ1) is 28.6. The van der Waals surface area contributed by atoms with E-state index in [4.69, 9.17) is 15.0 Å². The molecular formula is C33H37Br2N3. The van der Waals surface area contributed by atoms with Crippen LogP contribution in [0.3, 0.4) is 0 Å². The van der Waals surface area contributed by atoms with E-state index in [2.05, 4.69) is 63.0 Å². The first-order valence-electron chi connectivity index (χ1n) is 14.0. The molecule has 38 heavy (non-hydrogen) atoms. The van der Waals surface area contributed by atoms with Crippen LogP contribution in [0.2, 0.25) is 0 Å². The van der Waals surface area contributed by atoms with E-state index >= 15 is 0 Å². The molecule has 0 spiro atoms. The van der Waals surface area contributed by atoms with Crippen LogP contribution in [0.5, 0.6) is 0 Å². The zero-order chi connectivity index (χ0) is 26.6. The van der Waals surface area contributed by atoms with Crippen molar-refractivity contribution in [1.29, 1.82) is 0 Å². The molecule has 1 heterocycles. The van der Waals surface area contributed by atoms with Crippen LogP contribution in [-0.2, 0) is 6.42 Å². The van der Waals surface area contributed by atoms with Gasteiger partial charge in [0.2, 0.25) is 0 Å². The molecule has 4 aromatic rings. The van der Waals surface area contributed by atoms with Gasteiger partial charge in [0.05, 0.1) is 0 Å². The average Bonchev–Trinajstić information content (AvgIpc) is 2.95. The molecule has 0 unspecified atom stereocenters. The minimum atomic E-state index is 0.676. The van der Waals surface area contributed by atoms with Gasteiger partial charge in [-0.2, -0.15) is 0 Å². The summed E-state index contributed by atoms with van der Waals surface area (Å²) in [5.41, 5.74) is 4.32. The summed E-state index contributed by atoms with van der Waals surface area (Å²) in [6, 6.07) is 24.9. The first-order chi connectivity index (χ1) is 18.6. The van der Waals surface area contributed by atoms with Gasteiger partial charge in [-0.3, -0.25) is 0 Å². The second-order valence-electron chi connectivity index (χ2n) is 9.95. The molecule has 0 radical (unpaired) electrons. The molecule has 0 fully saturated rings. The highest BCUT2D eigenvalue weighted by Gasteiger charge is 2.12. The lowest BCUT2D eigenvalue weighted by Crippen LogP contribution is -2.00. The fourth-order valence-electron chi connectivity index (χ4n) is 4.60. The van der Waals surface area contributed by atoms with Crippen LogP contribution >= 0.6 is 31.9 Å². The maximum absolute atomic E-state index is 4.86. The van der Waals surface area contributed by atoms with E-state index in [1.807, 2.05) is 48.5 Å². The fraction of sp³-hybridized carbons (Fsp3) is 0.364. The van der Waals surface area contributed by atoms with Crippen molar-refractivity contribution < 1.29 is 0 Å². The third kappa shape index (κ3) is 8.84. The number of hydrogen-bond donors (Lipinski definition) is 0. The van der Waals surface area contributed by atoms with Crippen LogP contribution in [0.4, 0.5) is 0 Å². The number of aryl methyl sites for hydroxylation is 1. The monoisotopic (exact) mass is 633 g/mol. The van der Waals surface area contributed by atoms with E-state index in [1.54, 1.807) is 0 Å². The van der Waals surface area contributed by atoms with Gasteiger partial charge in [0.25, 0.3) is 0 Å². The highest BCUT2D eigenvalue weighted by molar-refractivity contribution is 9.10. The van der Waals surface area contributed by atoms with Gasteiger partial charge in [-0.1, -0.05) is 145 Å². The Kier molecular flexibility index (Phi) is 11.5. The summed E-state index contributed by atoms with van der Waals surface area (Å²) in [5.74, 6) is 2.05. The Morgan fingerprint density at radius 2 is 0.789 bits per heavy atom. The van der Waals surface area contributed by atoms with E-state index < -0.39 is 0 Å². The molecule has 0 bridgehead atoms. The Morgan fingerprint density at radius 1 is 0.447 bits per heavy atom. The van der Waals surface area contributed by atoms with Gasteiger partial charge in [-0.15, -0.1) is 0 Å². The highest BCUT2D eigenvalue weighted by atomic mass is 79.9. The van der Waals surface area contributed by atoms with E-state index in [0.717, 1.165) is 32.1 Å². The van der Waals surface area contributed by atoms with Gasteiger partial charge in [-0.25, -0.2) is 15.0 Å². The molecule has 5 heteroatoms. The molecule has 0 saturated carbocycles. The van der Waals surface area contributed by atoms with Crippen molar-refractivity contribution in [3.63, 3.8) is 0 Å². The molecule has 0 aliphatic heterocycles. The van der Waals surface area contributed by atoms with Crippen LogP contribution in [0.1, 0.15) is 76.7 Å². The number of unbranched alkanes of at least 4 members (excludes halogenated alkanes) is 9. The van der Waals surface area contributed by atoms with Gasteiger partial charge in [0, 0.05) is 25.6 Å². The molecule has 0 aliphatic carbocycles. The standard InChI is InChI=1S/C33H37Br2N3/c1-2-3-4-5-6-7-8-9-10-11-12-25-13-15-26(16-14-25)31-36-32(27-17-21-29(34)22-18-27)38-33(37-31)28-19-23-30(35)24-20-28/h13-24H,2-12H2,1H3. The number of benzene rings is 3. The largest absolute Gasteiger partial charge is 0.208 e. The molecule has 0 amide bonds. The summed E-state index contributed by atoms with van der Waals surface area (Å²) in [7, 11) is 0. The SMILES string of the molecule is CCCCCCCCCCCCc1ccc(-c2nc(-c3ccc(Br)cc3)nc(-c3ccc(Br)cc3)n2)cc1. The maximum atomic E-state index is 4.86. The summed E-state index contributed by atoms with van der Waals surface area (Å²) in [6.45, 7) is 2.28. The average molecular weight is 635 g/mol. The molecule has 0 aliphatic rings. The van der Waals surface area contributed by atoms with Gasteiger partial charge in [0.1, 0.15) is 0 Å². The highest BCUT2D eigenvalue weighted by Crippen LogP contribution is 2.27. The zero-order valence-electron chi connectivity index (χ0n) is 22.3. The third-order valence-electron chi connectivity index (χ3n) is 6.87.